The SMILES string of the molecule is Cc1ccccc1NC1=C(c2ccc(OC(C)C)cc2)C(=O)N(C)C1=O. The molecule has 1 aliphatic rings. The zero-order chi connectivity index (χ0) is 18.8. The summed E-state index contributed by atoms with van der Waals surface area (Å²) < 4.78 is 5.65. The molecule has 0 bridgehead atoms. The third-order valence-electron chi connectivity index (χ3n) is 4.21. The minimum atomic E-state index is -0.337. The lowest BCUT2D eigenvalue weighted by molar-refractivity contribution is -0.135. The van der Waals surface area contributed by atoms with E-state index in [0.29, 0.717) is 16.8 Å². The van der Waals surface area contributed by atoms with Crippen LogP contribution < -0.4 is 10.1 Å². The van der Waals surface area contributed by atoms with Crippen molar-refractivity contribution in [3.8, 4) is 5.75 Å². The summed E-state index contributed by atoms with van der Waals surface area (Å²) in [5, 5.41) is 3.15. The van der Waals surface area contributed by atoms with Crippen LogP contribution in [0.2, 0.25) is 0 Å². The Bertz CT molecular complexity index is 882. The highest BCUT2D eigenvalue weighted by atomic mass is 16.5. The standard InChI is InChI=1S/C21H22N2O3/c1-13(2)26-16-11-9-15(10-12-16)18-19(21(25)23(4)20(18)24)22-17-8-6-5-7-14(17)3/h5-13,22H,1-4H3. The Kier molecular flexibility index (Phi) is 4.80. The average Bonchev–Trinajstić information content (AvgIpc) is 2.81. The van der Waals surface area contributed by atoms with Crippen molar-refractivity contribution in [2.45, 2.75) is 26.9 Å². The van der Waals surface area contributed by atoms with Crippen molar-refractivity contribution in [3.05, 3.63) is 65.4 Å². The van der Waals surface area contributed by atoms with Crippen molar-refractivity contribution in [2.75, 3.05) is 12.4 Å². The number of benzene rings is 2. The summed E-state index contributed by atoms with van der Waals surface area (Å²) in [5.41, 5.74) is 3.15. The number of carbonyl (C=O) groups excluding carboxylic acids is 2. The van der Waals surface area contributed by atoms with Gasteiger partial charge in [-0.25, -0.2) is 0 Å². The second kappa shape index (κ2) is 7.04. The summed E-state index contributed by atoms with van der Waals surface area (Å²) in [4.78, 5) is 26.4. The van der Waals surface area contributed by atoms with Crippen molar-refractivity contribution in [2.24, 2.45) is 0 Å². The molecule has 0 spiro atoms. The third-order valence-corrected chi connectivity index (χ3v) is 4.21. The fraction of sp³-hybridized carbons (Fsp3) is 0.238. The van der Waals surface area contributed by atoms with Gasteiger partial charge in [0.05, 0.1) is 11.7 Å². The minimum absolute atomic E-state index is 0.0687. The van der Waals surface area contributed by atoms with E-state index in [4.69, 9.17) is 4.74 Å². The van der Waals surface area contributed by atoms with Gasteiger partial charge >= 0.3 is 0 Å². The van der Waals surface area contributed by atoms with Crippen LogP contribution in [0, 0.1) is 6.92 Å². The highest BCUT2D eigenvalue weighted by molar-refractivity contribution is 6.36. The van der Waals surface area contributed by atoms with Gasteiger partial charge in [-0.05, 0) is 50.1 Å². The molecule has 134 valence electrons. The summed E-state index contributed by atoms with van der Waals surface area (Å²) >= 11 is 0. The van der Waals surface area contributed by atoms with Gasteiger partial charge in [0.1, 0.15) is 11.4 Å². The van der Waals surface area contributed by atoms with E-state index in [-0.39, 0.29) is 17.9 Å². The van der Waals surface area contributed by atoms with Gasteiger partial charge in [-0.3, -0.25) is 14.5 Å². The number of hydrogen-bond donors (Lipinski definition) is 1. The molecule has 0 aliphatic carbocycles. The Hall–Kier alpha value is -3.08. The predicted octanol–water partition coefficient (Wildman–Crippen LogP) is 3.60. The number of ether oxygens (including phenoxy) is 1. The molecule has 1 N–H and O–H groups in total. The van der Waals surface area contributed by atoms with E-state index in [2.05, 4.69) is 5.32 Å². The molecule has 0 aromatic heterocycles. The number of imide groups is 1. The van der Waals surface area contributed by atoms with E-state index in [1.165, 1.54) is 7.05 Å². The first kappa shape index (κ1) is 17.7. The van der Waals surface area contributed by atoms with Crippen LogP contribution in [0.15, 0.2) is 54.2 Å². The number of amides is 2. The number of rotatable bonds is 5. The quantitative estimate of drug-likeness (QED) is 0.837. The van der Waals surface area contributed by atoms with Gasteiger partial charge in [0.25, 0.3) is 11.8 Å². The number of para-hydroxylation sites is 1. The predicted molar refractivity (Wildman–Crippen MR) is 102 cm³/mol. The molecule has 5 heteroatoms. The van der Waals surface area contributed by atoms with E-state index in [0.717, 1.165) is 21.9 Å². The fourth-order valence-electron chi connectivity index (χ4n) is 2.85. The molecule has 5 nitrogen and oxygen atoms in total. The van der Waals surface area contributed by atoms with E-state index in [1.54, 1.807) is 12.1 Å². The average molecular weight is 350 g/mol. The maximum absolute atomic E-state index is 12.6. The highest BCUT2D eigenvalue weighted by Crippen LogP contribution is 2.31. The molecule has 0 unspecified atom stereocenters. The summed E-state index contributed by atoms with van der Waals surface area (Å²) in [7, 11) is 1.49. The van der Waals surface area contributed by atoms with Gasteiger partial charge in [0.2, 0.25) is 0 Å². The molecule has 0 fully saturated rings. The molecule has 0 radical (unpaired) electrons. The number of anilines is 1. The molecule has 0 saturated heterocycles. The number of hydrogen-bond acceptors (Lipinski definition) is 4. The smallest absolute Gasteiger partial charge is 0.277 e. The first-order chi connectivity index (χ1) is 12.4. The minimum Gasteiger partial charge on any atom is -0.491 e. The zero-order valence-electron chi connectivity index (χ0n) is 15.4. The van der Waals surface area contributed by atoms with Gasteiger partial charge < -0.3 is 10.1 Å². The van der Waals surface area contributed by atoms with Gasteiger partial charge in [0.15, 0.2) is 0 Å². The molecule has 26 heavy (non-hydrogen) atoms. The van der Waals surface area contributed by atoms with E-state index >= 15 is 0 Å². The summed E-state index contributed by atoms with van der Waals surface area (Å²) in [6.45, 7) is 5.86. The monoisotopic (exact) mass is 350 g/mol. The summed E-state index contributed by atoms with van der Waals surface area (Å²) in [6, 6.07) is 14.9. The van der Waals surface area contributed by atoms with E-state index in [9.17, 15) is 9.59 Å². The molecular weight excluding hydrogens is 328 g/mol. The topological polar surface area (TPSA) is 58.6 Å². The lowest BCUT2D eigenvalue weighted by Gasteiger charge is -2.12. The summed E-state index contributed by atoms with van der Waals surface area (Å²) in [6.07, 6.45) is 0.0687. The van der Waals surface area contributed by atoms with Crippen LogP contribution in [0.25, 0.3) is 5.57 Å². The van der Waals surface area contributed by atoms with Gasteiger partial charge in [-0.1, -0.05) is 30.3 Å². The lowest BCUT2D eigenvalue weighted by atomic mass is 10.0. The summed E-state index contributed by atoms with van der Waals surface area (Å²) in [5.74, 6) is 0.0715. The lowest BCUT2D eigenvalue weighted by Crippen LogP contribution is -2.28. The van der Waals surface area contributed by atoms with Crippen LogP contribution >= 0.6 is 0 Å². The van der Waals surface area contributed by atoms with E-state index in [1.807, 2.05) is 57.2 Å². The molecular formula is C21H22N2O3. The molecule has 1 aliphatic heterocycles. The van der Waals surface area contributed by atoms with Gasteiger partial charge in [-0.2, -0.15) is 0 Å². The van der Waals surface area contributed by atoms with Crippen LogP contribution in [0.3, 0.4) is 0 Å². The second-order valence-electron chi connectivity index (χ2n) is 6.55. The Balaban J connectivity index is 2.01. The molecule has 3 rings (SSSR count). The molecule has 2 amide bonds. The highest BCUT2D eigenvalue weighted by Gasteiger charge is 2.36. The van der Waals surface area contributed by atoms with Crippen LogP contribution in [0.4, 0.5) is 5.69 Å². The van der Waals surface area contributed by atoms with Crippen LogP contribution in [0.1, 0.15) is 25.0 Å². The van der Waals surface area contributed by atoms with Crippen LogP contribution in [-0.4, -0.2) is 29.9 Å². The third kappa shape index (κ3) is 3.33. The molecule has 2 aromatic rings. The number of aryl methyl sites for hydroxylation is 1. The van der Waals surface area contributed by atoms with Gasteiger partial charge in [0, 0.05) is 12.7 Å². The zero-order valence-corrected chi connectivity index (χ0v) is 15.4. The van der Waals surface area contributed by atoms with Crippen molar-refractivity contribution in [3.63, 3.8) is 0 Å². The number of likely N-dealkylation sites (N-methyl/N-ethyl adjacent to an activating group) is 1. The Morgan fingerprint density at radius 3 is 2.23 bits per heavy atom. The number of nitrogens with one attached hydrogen (secondary N) is 1. The van der Waals surface area contributed by atoms with Crippen molar-refractivity contribution >= 4 is 23.1 Å². The van der Waals surface area contributed by atoms with E-state index < -0.39 is 0 Å². The fourth-order valence-corrected chi connectivity index (χ4v) is 2.85. The van der Waals surface area contributed by atoms with Crippen LogP contribution in [-0.2, 0) is 9.59 Å². The number of nitrogens with zero attached hydrogens (tertiary/aromatic N) is 1. The second-order valence-corrected chi connectivity index (χ2v) is 6.55. The van der Waals surface area contributed by atoms with Gasteiger partial charge in [-0.15, -0.1) is 0 Å². The molecule has 0 saturated carbocycles. The maximum atomic E-state index is 12.6. The molecule has 1 heterocycles. The largest absolute Gasteiger partial charge is 0.491 e. The normalized spacial score (nSPS) is 14.4. The van der Waals surface area contributed by atoms with Crippen molar-refractivity contribution in [1.29, 1.82) is 0 Å². The number of carbonyl (C=O) groups is 2. The van der Waals surface area contributed by atoms with Crippen molar-refractivity contribution in [1.82, 2.24) is 4.90 Å². The first-order valence-electron chi connectivity index (χ1n) is 8.55. The van der Waals surface area contributed by atoms with Crippen LogP contribution in [0.5, 0.6) is 5.75 Å². The molecule has 0 atom stereocenters. The molecule has 2 aromatic carbocycles. The first-order valence-corrected chi connectivity index (χ1v) is 8.55. The Labute approximate surface area is 153 Å². The maximum Gasteiger partial charge on any atom is 0.277 e. The van der Waals surface area contributed by atoms with Crippen molar-refractivity contribution < 1.29 is 14.3 Å². The Morgan fingerprint density at radius 2 is 1.62 bits per heavy atom. The Morgan fingerprint density at radius 1 is 0.962 bits per heavy atom.